The fourth-order valence-corrected chi connectivity index (χ4v) is 3.68. The molecule has 0 saturated heterocycles. The minimum absolute atomic E-state index is 0.157. The molecule has 0 aromatic heterocycles. The van der Waals surface area contributed by atoms with Crippen LogP contribution in [-0.4, -0.2) is 30.5 Å². The second-order valence-electron chi connectivity index (χ2n) is 3.20. The zero-order chi connectivity index (χ0) is 10.3. The van der Waals surface area contributed by atoms with E-state index >= 15 is 0 Å². The second kappa shape index (κ2) is 3.08. The Hall–Kier alpha value is -0.380. The molecular formula is C7H13O5P. The highest BCUT2D eigenvalue weighted by Crippen LogP contribution is 2.73. The Labute approximate surface area is 76.6 Å². The molecule has 0 bridgehead atoms. The fourth-order valence-electron chi connectivity index (χ4n) is 1.61. The standard InChI is InChI=1S/C7H13O5P/c1-5-4-7(5,6(8)9)13(10,11-2)12-3/h5H,4H2,1-3H3,(H,8,9). The van der Waals surface area contributed by atoms with E-state index in [1.807, 2.05) is 0 Å². The first-order chi connectivity index (χ1) is 5.94. The van der Waals surface area contributed by atoms with Crippen LogP contribution in [0, 0.1) is 5.92 Å². The van der Waals surface area contributed by atoms with Crippen molar-refractivity contribution in [3.8, 4) is 0 Å². The van der Waals surface area contributed by atoms with Crippen molar-refractivity contribution in [1.82, 2.24) is 0 Å². The lowest BCUT2D eigenvalue weighted by molar-refractivity contribution is -0.138. The molecule has 1 saturated carbocycles. The number of carboxylic acids is 1. The Morgan fingerprint density at radius 3 is 2.00 bits per heavy atom. The lowest BCUT2D eigenvalue weighted by Gasteiger charge is -2.20. The topological polar surface area (TPSA) is 72.8 Å². The van der Waals surface area contributed by atoms with Crippen molar-refractivity contribution in [2.45, 2.75) is 18.5 Å². The van der Waals surface area contributed by atoms with Crippen LogP contribution in [0.15, 0.2) is 0 Å². The van der Waals surface area contributed by atoms with Gasteiger partial charge in [0.1, 0.15) is 0 Å². The van der Waals surface area contributed by atoms with E-state index in [2.05, 4.69) is 0 Å². The Morgan fingerprint density at radius 1 is 1.54 bits per heavy atom. The van der Waals surface area contributed by atoms with Gasteiger partial charge >= 0.3 is 13.6 Å². The van der Waals surface area contributed by atoms with Crippen LogP contribution >= 0.6 is 7.60 Å². The van der Waals surface area contributed by atoms with Crippen LogP contribution in [0.4, 0.5) is 0 Å². The number of carbonyl (C=O) groups is 1. The SMILES string of the molecule is COP(=O)(OC)C1(C(=O)O)CC1C. The summed E-state index contributed by atoms with van der Waals surface area (Å²) in [6.45, 7) is 1.72. The number of carboxylic acid groups (broad SMARTS) is 1. The molecule has 1 fully saturated rings. The molecule has 2 unspecified atom stereocenters. The van der Waals surface area contributed by atoms with Crippen LogP contribution in [0.1, 0.15) is 13.3 Å². The van der Waals surface area contributed by atoms with Crippen LogP contribution < -0.4 is 0 Å². The minimum Gasteiger partial charge on any atom is -0.480 e. The van der Waals surface area contributed by atoms with Gasteiger partial charge in [0.25, 0.3) is 0 Å². The largest absolute Gasteiger partial charge is 0.480 e. The first-order valence-corrected chi connectivity index (χ1v) is 5.44. The van der Waals surface area contributed by atoms with Crippen LogP contribution in [0.5, 0.6) is 0 Å². The molecule has 5 nitrogen and oxygen atoms in total. The maximum absolute atomic E-state index is 11.9. The number of rotatable bonds is 4. The van der Waals surface area contributed by atoms with Crippen LogP contribution in [0.2, 0.25) is 0 Å². The van der Waals surface area contributed by atoms with Gasteiger partial charge in [0.2, 0.25) is 0 Å². The van der Waals surface area contributed by atoms with Crippen LogP contribution in [0.25, 0.3) is 0 Å². The van der Waals surface area contributed by atoms with Crippen molar-refractivity contribution >= 4 is 13.6 Å². The van der Waals surface area contributed by atoms with E-state index in [1.165, 1.54) is 14.2 Å². The zero-order valence-corrected chi connectivity index (χ0v) is 8.71. The molecule has 1 N–H and O–H groups in total. The molecule has 0 aromatic rings. The molecule has 1 rings (SSSR count). The molecule has 0 spiro atoms. The molecule has 1 aliphatic carbocycles. The molecule has 13 heavy (non-hydrogen) atoms. The number of hydrogen-bond acceptors (Lipinski definition) is 4. The van der Waals surface area contributed by atoms with Crippen LogP contribution in [0.3, 0.4) is 0 Å². The van der Waals surface area contributed by atoms with Gasteiger partial charge in [-0.25, -0.2) is 0 Å². The molecular weight excluding hydrogens is 195 g/mol. The van der Waals surface area contributed by atoms with Gasteiger partial charge in [-0.2, -0.15) is 0 Å². The summed E-state index contributed by atoms with van der Waals surface area (Å²) in [5.41, 5.74) is 0. The summed E-state index contributed by atoms with van der Waals surface area (Å²) in [6.07, 6.45) is 0.349. The Balaban J connectivity index is 3.04. The number of hydrogen-bond donors (Lipinski definition) is 1. The smallest absolute Gasteiger partial charge is 0.347 e. The summed E-state index contributed by atoms with van der Waals surface area (Å²) in [5, 5.41) is 7.63. The van der Waals surface area contributed by atoms with Gasteiger partial charge < -0.3 is 14.2 Å². The molecule has 0 radical (unpaired) electrons. The Morgan fingerprint density at radius 2 is 1.92 bits per heavy atom. The normalized spacial score (nSPS) is 33.0. The minimum atomic E-state index is -3.48. The number of aliphatic carboxylic acids is 1. The van der Waals surface area contributed by atoms with E-state index in [4.69, 9.17) is 14.2 Å². The molecule has 1 aliphatic rings. The van der Waals surface area contributed by atoms with Crippen molar-refractivity contribution in [2.24, 2.45) is 5.92 Å². The molecule has 2 atom stereocenters. The fraction of sp³-hybridized carbons (Fsp3) is 0.857. The zero-order valence-electron chi connectivity index (χ0n) is 7.81. The van der Waals surface area contributed by atoms with E-state index < -0.39 is 18.7 Å². The van der Waals surface area contributed by atoms with Gasteiger partial charge in [0.05, 0.1) is 0 Å². The lowest BCUT2D eigenvalue weighted by atomic mass is 10.3. The predicted octanol–water partition coefficient (Wildman–Crippen LogP) is 1.34. The van der Waals surface area contributed by atoms with Gasteiger partial charge in [-0.3, -0.25) is 9.36 Å². The third-order valence-electron chi connectivity index (χ3n) is 2.61. The maximum Gasteiger partial charge on any atom is 0.347 e. The van der Waals surface area contributed by atoms with E-state index in [-0.39, 0.29) is 5.92 Å². The molecule has 0 amide bonds. The van der Waals surface area contributed by atoms with E-state index in [0.717, 1.165) is 0 Å². The molecule has 6 heteroatoms. The van der Waals surface area contributed by atoms with Crippen molar-refractivity contribution in [1.29, 1.82) is 0 Å². The average Bonchev–Trinajstić information content (AvgIpc) is 2.78. The van der Waals surface area contributed by atoms with Gasteiger partial charge in [-0.1, -0.05) is 6.92 Å². The highest BCUT2D eigenvalue weighted by Gasteiger charge is 2.71. The van der Waals surface area contributed by atoms with Crippen molar-refractivity contribution in [3.63, 3.8) is 0 Å². The van der Waals surface area contributed by atoms with Gasteiger partial charge in [0.15, 0.2) is 5.16 Å². The van der Waals surface area contributed by atoms with E-state index in [0.29, 0.717) is 6.42 Å². The summed E-state index contributed by atoms with van der Waals surface area (Å²) < 4.78 is 21.3. The van der Waals surface area contributed by atoms with Crippen molar-refractivity contribution < 1.29 is 23.5 Å². The lowest BCUT2D eigenvalue weighted by Crippen LogP contribution is -2.26. The maximum atomic E-state index is 11.9. The predicted molar refractivity (Wildman–Crippen MR) is 45.8 cm³/mol. The first-order valence-electron chi connectivity index (χ1n) is 3.89. The van der Waals surface area contributed by atoms with Gasteiger partial charge in [0, 0.05) is 14.2 Å². The second-order valence-corrected chi connectivity index (χ2v) is 5.72. The monoisotopic (exact) mass is 208 g/mol. The highest BCUT2D eigenvalue weighted by molar-refractivity contribution is 7.57. The third-order valence-corrected chi connectivity index (χ3v) is 5.37. The summed E-state index contributed by atoms with van der Waals surface area (Å²) in [5.74, 6) is -1.26. The summed E-state index contributed by atoms with van der Waals surface area (Å²) >= 11 is 0. The van der Waals surface area contributed by atoms with E-state index in [9.17, 15) is 9.36 Å². The first kappa shape index (κ1) is 10.7. The van der Waals surface area contributed by atoms with Crippen molar-refractivity contribution in [3.05, 3.63) is 0 Å². The van der Waals surface area contributed by atoms with Gasteiger partial charge in [-0.05, 0) is 12.3 Å². The molecule has 76 valence electrons. The van der Waals surface area contributed by atoms with E-state index in [1.54, 1.807) is 6.92 Å². The Bertz CT molecular complexity index is 268. The molecule has 0 heterocycles. The summed E-state index contributed by atoms with van der Waals surface area (Å²) in [7, 11) is -1.07. The summed E-state index contributed by atoms with van der Waals surface area (Å²) in [6, 6.07) is 0. The highest BCUT2D eigenvalue weighted by atomic mass is 31.2. The molecule has 0 aliphatic heterocycles. The Kier molecular flexibility index (Phi) is 2.54. The van der Waals surface area contributed by atoms with Gasteiger partial charge in [-0.15, -0.1) is 0 Å². The van der Waals surface area contributed by atoms with Crippen molar-refractivity contribution in [2.75, 3.05) is 14.2 Å². The quantitative estimate of drug-likeness (QED) is 0.705. The average molecular weight is 208 g/mol. The molecule has 0 aromatic carbocycles. The third kappa shape index (κ3) is 1.23. The summed E-state index contributed by atoms with van der Waals surface area (Å²) in [4.78, 5) is 10.9. The van der Waals surface area contributed by atoms with Crippen LogP contribution in [-0.2, 0) is 18.4 Å².